The van der Waals surface area contributed by atoms with E-state index in [2.05, 4.69) is 10.3 Å². The Labute approximate surface area is 123 Å². The fourth-order valence-corrected chi connectivity index (χ4v) is 3.28. The molecule has 0 radical (unpaired) electrons. The standard InChI is InChI=1S/C14H21N5O2/c1-17-10-8-16-11(17)3-9-19-12(20)14(18(2)13(19)21)4-6-15-7-5-14/h8,10,15H,3-7,9H2,1-2H3. The van der Waals surface area contributed by atoms with E-state index in [4.69, 9.17) is 0 Å². The molecule has 7 heteroatoms. The molecule has 0 atom stereocenters. The number of imidazole rings is 1. The zero-order valence-corrected chi connectivity index (χ0v) is 12.5. The van der Waals surface area contributed by atoms with Gasteiger partial charge in [-0.3, -0.25) is 9.69 Å². The predicted octanol–water partition coefficient (Wildman–Crippen LogP) is -0.0212. The third kappa shape index (κ3) is 2.12. The van der Waals surface area contributed by atoms with Crippen LogP contribution in [0.4, 0.5) is 4.79 Å². The highest BCUT2D eigenvalue weighted by molar-refractivity contribution is 6.07. The van der Waals surface area contributed by atoms with Gasteiger partial charge in [-0.25, -0.2) is 9.78 Å². The molecular formula is C14H21N5O2. The predicted molar refractivity (Wildman–Crippen MR) is 76.6 cm³/mol. The van der Waals surface area contributed by atoms with E-state index < -0.39 is 5.54 Å². The van der Waals surface area contributed by atoms with Gasteiger partial charge >= 0.3 is 6.03 Å². The lowest BCUT2D eigenvalue weighted by atomic mass is 9.87. The SMILES string of the molecule is CN1C(=O)N(CCc2nccn2C)C(=O)C12CCNCC2. The monoisotopic (exact) mass is 291 g/mol. The summed E-state index contributed by atoms with van der Waals surface area (Å²) in [6.07, 6.45) is 5.55. The average Bonchev–Trinajstić information content (AvgIpc) is 2.97. The van der Waals surface area contributed by atoms with Crippen LogP contribution in [-0.4, -0.2) is 63.5 Å². The second-order valence-electron chi connectivity index (χ2n) is 5.78. The molecule has 2 aliphatic rings. The van der Waals surface area contributed by atoms with Gasteiger partial charge in [0.2, 0.25) is 0 Å². The van der Waals surface area contributed by atoms with Crippen LogP contribution in [0.25, 0.3) is 0 Å². The van der Waals surface area contributed by atoms with Crippen LogP contribution in [0.3, 0.4) is 0 Å². The Balaban J connectivity index is 1.75. The maximum Gasteiger partial charge on any atom is 0.327 e. The molecule has 2 saturated heterocycles. The van der Waals surface area contributed by atoms with Crippen LogP contribution in [0.5, 0.6) is 0 Å². The van der Waals surface area contributed by atoms with Crippen molar-refractivity contribution in [3.63, 3.8) is 0 Å². The van der Waals surface area contributed by atoms with E-state index in [1.54, 1.807) is 18.1 Å². The van der Waals surface area contributed by atoms with Gasteiger partial charge < -0.3 is 14.8 Å². The number of urea groups is 1. The van der Waals surface area contributed by atoms with Crippen molar-refractivity contribution in [3.05, 3.63) is 18.2 Å². The fourth-order valence-electron chi connectivity index (χ4n) is 3.28. The number of hydrogen-bond donors (Lipinski definition) is 1. The number of aromatic nitrogens is 2. The summed E-state index contributed by atoms with van der Waals surface area (Å²) in [4.78, 5) is 32.4. The van der Waals surface area contributed by atoms with Crippen molar-refractivity contribution in [2.24, 2.45) is 7.05 Å². The molecular weight excluding hydrogens is 270 g/mol. The molecule has 21 heavy (non-hydrogen) atoms. The van der Waals surface area contributed by atoms with Gasteiger partial charge in [-0.2, -0.15) is 0 Å². The number of rotatable bonds is 3. The van der Waals surface area contributed by atoms with E-state index in [1.165, 1.54) is 4.90 Å². The fraction of sp³-hybridized carbons (Fsp3) is 0.643. The number of imide groups is 1. The molecule has 1 aromatic heterocycles. The maximum absolute atomic E-state index is 12.8. The lowest BCUT2D eigenvalue weighted by Gasteiger charge is -2.36. The average molecular weight is 291 g/mol. The first-order valence-electron chi connectivity index (χ1n) is 7.33. The van der Waals surface area contributed by atoms with E-state index in [-0.39, 0.29) is 11.9 Å². The zero-order valence-electron chi connectivity index (χ0n) is 12.5. The summed E-state index contributed by atoms with van der Waals surface area (Å²) >= 11 is 0. The Hall–Kier alpha value is -1.89. The lowest BCUT2D eigenvalue weighted by molar-refractivity contribution is -0.134. The first kappa shape index (κ1) is 14.1. The molecule has 0 bridgehead atoms. The first-order valence-corrected chi connectivity index (χ1v) is 7.33. The second-order valence-corrected chi connectivity index (χ2v) is 5.78. The Bertz CT molecular complexity index is 561. The van der Waals surface area contributed by atoms with E-state index >= 15 is 0 Å². The van der Waals surface area contributed by atoms with Crippen molar-refractivity contribution in [1.82, 2.24) is 24.7 Å². The van der Waals surface area contributed by atoms with Gasteiger partial charge in [0.05, 0.1) is 0 Å². The largest absolute Gasteiger partial charge is 0.338 e. The zero-order chi connectivity index (χ0) is 15.0. The summed E-state index contributed by atoms with van der Waals surface area (Å²) < 4.78 is 1.91. The number of hydrogen-bond acceptors (Lipinski definition) is 4. The number of amides is 3. The Morgan fingerprint density at radius 1 is 1.29 bits per heavy atom. The normalized spacial score (nSPS) is 21.6. The first-order chi connectivity index (χ1) is 10.1. The molecule has 3 amide bonds. The van der Waals surface area contributed by atoms with Crippen molar-refractivity contribution in [2.45, 2.75) is 24.8 Å². The number of aryl methyl sites for hydroxylation is 1. The van der Waals surface area contributed by atoms with E-state index in [0.717, 1.165) is 18.9 Å². The molecule has 3 heterocycles. The van der Waals surface area contributed by atoms with Crippen LogP contribution in [0, 0.1) is 0 Å². The minimum absolute atomic E-state index is 0.0503. The second kappa shape index (κ2) is 5.14. The van der Waals surface area contributed by atoms with Crippen LogP contribution in [-0.2, 0) is 18.3 Å². The number of likely N-dealkylation sites (N-methyl/N-ethyl adjacent to an activating group) is 1. The number of carbonyl (C=O) groups excluding carboxylic acids is 2. The van der Waals surface area contributed by atoms with Gasteiger partial charge in [0, 0.05) is 39.5 Å². The molecule has 114 valence electrons. The van der Waals surface area contributed by atoms with Crippen molar-refractivity contribution < 1.29 is 9.59 Å². The van der Waals surface area contributed by atoms with Crippen molar-refractivity contribution in [3.8, 4) is 0 Å². The molecule has 0 aliphatic carbocycles. The Morgan fingerprint density at radius 2 is 2.00 bits per heavy atom. The molecule has 7 nitrogen and oxygen atoms in total. The molecule has 2 aliphatic heterocycles. The van der Waals surface area contributed by atoms with Crippen molar-refractivity contribution in [2.75, 3.05) is 26.7 Å². The number of nitrogens with one attached hydrogen (secondary N) is 1. The third-order valence-electron chi connectivity index (χ3n) is 4.71. The van der Waals surface area contributed by atoms with Gasteiger partial charge in [0.15, 0.2) is 0 Å². The van der Waals surface area contributed by atoms with Crippen molar-refractivity contribution in [1.29, 1.82) is 0 Å². The molecule has 0 unspecified atom stereocenters. The topological polar surface area (TPSA) is 70.5 Å². The van der Waals surface area contributed by atoms with Crippen LogP contribution in [0.1, 0.15) is 18.7 Å². The molecule has 0 aromatic carbocycles. The summed E-state index contributed by atoms with van der Waals surface area (Å²) in [5.74, 6) is 0.829. The summed E-state index contributed by atoms with van der Waals surface area (Å²) in [5.41, 5.74) is -0.635. The summed E-state index contributed by atoms with van der Waals surface area (Å²) in [6, 6.07) is -0.184. The third-order valence-corrected chi connectivity index (χ3v) is 4.71. The highest BCUT2D eigenvalue weighted by atomic mass is 16.2. The Morgan fingerprint density at radius 3 is 2.62 bits per heavy atom. The van der Waals surface area contributed by atoms with Gasteiger partial charge in [0.1, 0.15) is 11.4 Å². The minimum Gasteiger partial charge on any atom is -0.338 e. The number of nitrogens with zero attached hydrogens (tertiary/aromatic N) is 4. The quantitative estimate of drug-likeness (QED) is 0.795. The van der Waals surface area contributed by atoms with E-state index in [9.17, 15) is 9.59 Å². The molecule has 1 aromatic rings. The molecule has 0 saturated carbocycles. The van der Waals surface area contributed by atoms with Crippen LogP contribution in [0.2, 0.25) is 0 Å². The van der Waals surface area contributed by atoms with Gasteiger partial charge in [-0.1, -0.05) is 0 Å². The van der Waals surface area contributed by atoms with Gasteiger partial charge in [-0.15, -0.1) is 0 Å². The van der Waals surface area contributed by atoms with Gasteiger partial charge in [-0.05, 0) is 25.9 Å². The Kier molecular flexibility index (Phi) is 3.44. The number of carbonyl (C=O) groups is 2. The highest BCUT2D eigenvalue weighted by Crippen LogP contribution is 2.34. The van der Waals surface area contributed by atoms with Gasteiger partial charge in [0.25, 0.3) is 5.91 Å². The maximum atomic E-state index is 12.8. The molecule has 1 spiro atoms. The summed E-state index contributed by atoms with van der Waals surface area (Å²) in [5, 5.41) is 3.25. The molecule has 1 N–H and O–H groups in total. The summed E-state index contributed by atoms with van der Waals surface area (Å²) in [6.45, 7) is 1.94. The minimum atomic E-state index is -0.635. The van der Waals surface area contributed by atoms with Crippen LogP contribution in [0.15, 0.2) is 12.4 Å². The van der Waals surface area contributed by atoms with Crippen LogP contribution >= 0.6 is 0 Å². The molecule has 2 fully saturated rings. The lowest BCUT2D eigenvalue weighted by Crippen LogP contribution is -2.54. The van der Waals surface area contributed by atoms with Crippen molar-refractivity contribution >= 4 is 11.9 Å². The smallest absolute Gasteiger partial charge is 0.327 e. The van der Waals surface area contributed by atoms with E-state index in [1.807, 2.05) is 17.8 Å². The van der Waals surface area contributed by atoms with Crippen LogP contribution < -0.4 is 5.32 Å². The van der Waals surface area contributed by atoms with E-state index in [0.29, 0.717) is 25.8 Å². The molecule has 3 rings (SSSR count). The number of piperidine rings is 1. The highest BCUT2D eigenvalue weighted by Gasteiger charge is 2.55. The summed E-state index contributed by atoms with van der Waals surface area (Å²) in [7, 11) is 3.66.